The van der Waals surface area contributed by atoms with Crippen LogP contribution >= 0.6 is 11.6 Å². The predicted octanol–water partition coefficient (Wildman–Crippen LogP) is 4.18. The summed E-state index contributed by atoms with van der Waals surface area (Å²) in [5, 5.41) is 2.98. The van der Waals surface area contributed by atoms with E-state index >= 15 is 0 Å². The Kier molecular flexibility index (Phi) is 7.71. The van der Waals surface area contributed by atoms with Crippen molar-refractivity contribution in [2.24, 2.45) is 0 Å². The van der Waals surface area contributed by atoms with E-state index in [-0.39, 0.29) is 29.6 Å². The molecule has 0 heterocycles. The molecule has 0 aliphatic carbocycles. The third-order valence-electron chi connectivity index (χ3n) is 4.50. The lowest BCUT2D eigenvalue weighted by atomic mass is 10.2. The molecule has 32 heavy (non-hydrogen) atoms. The Hall–Kier alpha value is -3.10. The zero-order chi connectivity index (χ0) is 23.1. The largest absolute Gasteiger partial charge is 0.492 e. The summed E-state index contributed by atoms with van der Waals surface area (Å²) in [6, 6.07) is 18.2. The molecule has 3 aromatic rings. The average molecular weight is 477 g/mol. The first-order valence-electron chi connectivity index (χ1n) is 9.76. The molecule has 6 nitrogen and oxygen atoms in total. The van der Waals surface area contributed by atoms with Crippen molar-refractivity contribution in [3.8, 4) is 5.75 Å². The second-order valence-corrected chi connectivity index (χ2v) is 9.26. The third kappa shape index (κ3) is 6.21. The second-order valence-electron chi connectivity index (χ2n) is 6.96. The topological polar surface area (TPSA) is 75.7 Å². The minimum absolute atomic E-state index is 0.0653. The van der Waals surface area contributed by atoms with Crippen LogP contribution in [0, 0.1) is 12.7 Å². The maximum Gasteiger partial charge on any atom is 0.264 e. The zero-order valence-electron chi connectivity index (χ0n) is 17.3. The Morgan fingerprint density at radius 2 is 1.75 bits per heavy atom. The first-order valence-corrected chi connectivity index (χ1v) is 11.6. The number of benzene rings is 3. The van der Waals surface area contributed by atoms with E-state index in [1.54, 1.807) is 30.3 Å². The molecule has 3 aromatic carbocycles. The Balaban J connectivity index is 1.70. The number of hydrogen-bond acceptors (Lipinski definition) is 4. The molecule has 3 rings (SSSR count). The zero-order valence-corrected chi connectivity index (χ0v) is 18.9. The van der Waals surface area contributed by atoms with Gasteiger partial charge in [0.15, 0.2) is 0 Å². The van der Waals surface area contributed by atoms with Gasteiger partial charge in [0.2, 0.25) is 5.91 Å². The number of nitrogens with one attached hydrogen (secondary N) is 1. The van der Waals surface area contributed by atoms with Crippen molar-refractivity contribution >= 4 is 33.2 Å². The van der Waals surface area contributed by atoms with E-state index < -0.39 is 22.5 Å². The molecule has 1 N–H and O–H groups in total. The van der Waals surface area contributed by atoms with Crippen LogP contribution in [0.2, 0.25) is 5.02 Å². The lowest BCUT2D eigenvalue weighted by Crippen LogP contribution is -2.41. The van der Waals surface area contributed by atoms with Crippen molar-refractivity contribution in [2.75, 3.05) is 24.0 Å². The van der Waals surface area contributed by atoms with Crippen molar-refractivity contribution in [2.45, 2.75) is 11.8 Å². The van der Waals surface area contributed by atoms with E-state index in [0.717, 1.165) is 9.87 Å². The van der Waals surface area contributed by atoms with Gasteiger partial charge >= 0.3 is 0 Å². The maximum absolute atomic E-state index is 13.3. The summed E-state index contributed by atoms with van der Waals surface area (Å²) in [6.45, 7) is 1.70. The molecule has 168 valence electrons. The Labute approximate surface area is 191 Å². The number of carbonyl (C=O) groups is 1. The molecule has 0 bridgehead atoms. The van der Waals surface area contributed by atoms with E-state index in [2.05, 4.69) is 5.32 Å². The molecule has 0 aromatic heterocycles. The first kappa shape index (κ1) is 23.6. The number of sulfonamides is 1. The van der Waals surface area contributed by atoms with E-state index in [9.17, 15) is 17.6 Å². The number of halogens is 2. The Morgan fingerprint density at radius 1 is 1.06 bits per heavy atom. The standard InChI is InChI=1S/C23H22ClFN2O4S/c1-17-5-11-22(12-6-17)32(29,30)27(20-4-2-3-18(24)15-20)16-23(28)26-13-14-31-21-9-7-19(25)8-10-21/h2-12,15H,13-14,16H2,1H3,(H,26,28). The van der Waals surface area contributed by atoms with Crippen LogP contribution < -0.4 is 14.4 Å². The number of hydrogen-bond donors (Lipinski definition) is 1. The van der Waals surface area contributed by atoms with Crippen molar-refractivity contribution in [1.29, 1.82) is 0 Å². The molecule has 0 aliphatic heterocycles. The molecular formula is C23H22ClFN2O4S. The fourth-order valence-electron chi connectivity index (χ4n) is 2.86. The molecule has 0 unspecified atom stereocenters. The summed E-state index contributed by atoms with van der Waals surface area (Å²) in [6.07, 6.45) is 0. The van der Waals surface area contributed by atoms with Crippen LogP contribution in [0.4, 0.5) is 10.1 Å². The lowest BCUT2D eigenvalue weighted by Gasteiger charge is -2.24. The third-order valence-corrected chi connectivity index (χ3v) is 6.52. The normalized spacial score (nSPS) is 11.1. The van der Waals surface area contributed by atoms with Gasteiger partial charge in [-0.1, -0.05) is 35.4 Å². The molecule has 9 heteroatoms. The van der Waals surface area contributed by atoms with E-state index in [4.69, 9.17) is 16.3 Å². The minimum Gasteiger partial charge on any atom is -0.492 e. The summed E-state index contributed by atoms with van der Waals surface area (Å²) < 4.78 is 45.9. The number of carbonyl (C=O) groups excluding carboxylic acids is 1. The highest BCUT2D eigenvalue weighted by molar-refractivity contribution is 7.92. The number of aryl methyl sites for hydroxylation is 1. The quantitative estimate of drug-likeness (QED) is 0.470. The van der Waals surface area contributed by atoms with Crippen molar-refractivity contribution < 1.29 is 22.3 Å². The first-order chi connectivity index (χ1) is 15.3. The Morgan fingerprint density at radius 3 is 2.41 bits per heavy atom. The molecule has 0 aliphatic rings. The van der Waals surface area contributed by atoms with Crippen LogP contribution in [0.3, 0.4) is 0 Å². The van der Waals surface area contributed by atoms with Crippen LogP contribution in [0.5, 0.6) is 5.75 Å². The molecular weight excluding hydrogens is 455 g/mol. The van der Waals surface area contributed by atoms with Gasteiger partial charge in [-0.05, 0) is 61.5 Å². The van der Waals surface area contributed by atoms with E-state index in [1.807, 2.05) is 6.92 Å². The van der Waals surface area contributed by atoms with Crippen LogP contribution in [0.15, 0.2) is 77.7 Å². The van der Waals surface area contributed by atoms with Gasteiger partial charge in [0.05, 0.1) is 17.1 Å². The van der Waals surface area contributed by atoms with E-state index in [0.29, 0.717) is 10.8 Å². The van der Waals surface area contributed by atoms with Crippen LogP contribution in [0.1, 0.15) is 5.56 Å². The lowest BCUT2D eigenvalue weighted by molar-refractivity contribution is -0.119. The smallest absolute Gasteiger partial charge is 0.264 e. The summed E-state index contributed by atoms with van der Waals surface area (Å²) >= 11 is 6.05. The highest BCUT2D eigenvalue weighted by atomic mass is 35.5. The molecule has 0 saturated heterocycles. The van der Waals surface area contributed by atoms with Gasteiger partial charge in [0.1, 0.15) is 24.7 Å². The monoisotopic (exact) mass is 476 g/mol. The molecule has 0 spiro atoms. The number of ether oxygens (including phenoxy) is 1. The summed E-state index contributed by atoms with van der Waals surface area (Å²) in [5.74, 6) is -0.423. The van der Waals surface area contributed by atoms with Crippen molar-refractivity contribution in [3.63, 3.8) is 0 Å². The molecule has 0 fully saturated rings. The van der Waals surface area contributed by atoms with E-state index in [1.165, 1.54) is 42.5 Å². The number of rotatable bonds is 9. The molecule has 0 atom stereocenters. The molecule has 1 amide bonds. The number of nitrogens with zero attached hydrogens (tertiary/aromatic N) is 1. The number of anilines is 1. The fourth-order valence-corrected chi connectivity index (χ4v) is 4.46. The Bertz CT molecular complexity index is 1170. The summed E-state index contributed by atoms with van der Waals surface area (Å²) in [7, 11) is -4.01. The minimum atomic E-state index is -4.01. The van der Waals surface area contributed by atoms with Gasteiger partial charge in [-0.2, -0.15) is 0 Å². The van der Waals surface area contributed by atoms with Gasteiger partial charge < -0.3 is 10.1 Å². The second kappa shape index (κ2) is 10.5. The van der Waals surface area contributed by atoms with Crippen LogP contribution in [-0.4, -0.2) is 34.0 Å². The van der Waals surface area contributed by atoms with Gasteiger partial charge in [0, 0.05) is 5.02 Å². The highest BCUT2D eigenvalue weighted by Gasteiger charge is 2.27. The molecule has 0 saturated carbocycles. The van der Waals surface area contributed by atoms with Gasteiger partial charge in [-0.15, -0.1) is 0 Å². The predicted molar refractivity (Wildman–Crippen MR) is 122 cm³/mol. The maximum atomic E-state index is 13.3. The van der Waals surface area contributed by atoms with Crippen molar-refractivity contribution in [1.82, 2.24) is 5.32 Å². The van der Waals surface area contributed by atoms with Gasteiger partial charge in [0.25, 0.3) is 10.0 Å². The fraction of sp³-hybridized carbons (Fsp3) is 0.174. The van der Waals surface area contributed by atoms with Gasteiger partial charge in [-0.3, -0.25) is 9.10 Å². The summed E-state index contributed by atoms with van der Waals surface area (Å²) in [4.78, 5) is 12.6. The van der Waals surface area contributed by atoms with Crippen molar-refractivity contribution in [3.05, 3.63) is 89.2 Å². The van der Waals surface area contributed by atoms with Crippen LogP contribution in [-0.2, 0) is 14.8 Å². The number of amides is 1. The van der Waals surface area contributed by atoms with Crippen LogP contribution in [0.25, 0.3) is 0 Å². The van der Waals surface area contributed by atoms with Gasteiger partial charge in [-0.25, -0.2) is 12.8 Å². The molecule has 0 radical (unpaired) electrons. The summed E-state index contributed by atoms with van der Waals surface area (Å²) in [5.41, 5.74) is 1.19. The average Bonchev–Trinajstić information content (AvgIpc) is 2.76. The SMILES string of the molecule is Cc1ccc(S(=O)(=O)N(CC(=O)NCCOc2ccc(F)cc2)c2cccc(Cl)c2)cc1. The highest BCUT2D eigenvalue weighted by Crippen LogP contribution is 2.26.